The molecule has 2 N–H and O–H groups in total. The summed E-state index contributed by atoms with van der Waals surface area (Å²) >= 11 is 0. The van der Waals surface area contributed by atoms with Crippen LogP contribution in [0.3, 0.4) is 0 Å². The van der Waals surface area contributed by atoms with Crippen LogP contribution in [0.4, 0.5) is 0 Å². The van der Waals surface area contributed by atoms with E-state index in [1.165, 1.54) is 12.8 Å². The van der Waals surface area contributed by atoms with E-state index in [4.69, 9.17) is 10.2 Å². The van der Waals surface area contributed by atoms with Crippen LogP contribution in [0.1, 0.15) is 38.5 Å². The van der Waals surface area contributed by atoms with Crippen molar-refractivity contribution in [2.45, 2.75) is 44.6 Å². The van der Waals surface area contributed by atoms with Gasteiger partial charge in [-0.2, -0.15) is 0 Å². The molecule has 0 spiro atoms. The molecule has 0 aromatic rings. The molecule has 12 heavy (non-hydrogen) atoms. The predicted octanol–water partition coefficient (Wildman–Crippen LogP) is 1.87. The molecule has 2 heteroatoms. The van der Waals surface area contributed by atoms with E-state index in [-0.39, 0.29) is 6.61 Å². The second kappa shape index (κ2) is 8.75. The van der Waals surface area contributed by atoms with Crippen molar-refractivity contribution in [2.75, 3.05) is 6.61 Å². The Morgan fingerprint density at radius 2 is 1.83 bits per heavy atom. The third kappa shape index (κ3) is 7.76. The summed E-state index contributed by atoms with van der Waals surface area (Å²) in [4.78, 5) is 0. The zero-order chi connectivity index (χ0) is 9.23. The highest BCUT2D eigenvalue weighted by molar-refractivity contribution is 4.65. The fourth-order valence-corrected chi connectivity index (χ4v) is 1.11. The van der Waals surface area contributed by atoms with Gasteiger partial charge in [0.2, 0.25) is 0 Å². The van der Waals surface area contributed by atoms with Crippen LogP contribution >= 0.6 is 0 Å². The van der Waals surface area contributed by atoms with Gasteiger partial charge in [0.05, 0.1) is 12.7 Å². The van der Waals surface area contributed by atoms with Crippen LogP contribution in [-0.2, 0) is 0 Å². The summed E-state index contributed by atoms with van der Waals surface area (Å²) in [6, 6.07) is 0. The number of hydrogen-bond acceptors (Lipinski definition) is 2. The van der Waals surface area contributed by atoms with Crippen LogP contribution in [0.5, 0.6) is 0 Å². The molecular formula is C10H20O2. The topological polar surface area (TPSA) is 40.5 Å². The first kappa shape index (κ1) is 11.7. The Labute approximate surface area is 74.9 Å². The Kier molecular flexibility index (Phi) is 8.51. The van der Waals surface area contributed by atoms with Gasteiger partial charge in [-0.15, -0.1) is 6.58 Å². The molecule has 0 saturated heterocycles. The lowest BCUT2D eigenvalue weighted by atomic mass is 10.1. The van der Waals surface area contributed by atoms with E-state index in [0.29, 0.717) is 0 Å². The summed E-state index contributed by atoms with van der Waals surface area (Å²) in [5.41, 5.74) is 0. The van der Waals surface area contributed by atoms with Crippen molar-refractivity contribution in [3.63, 3.8) is 0 Å². The summed E-state index contributed by atoms with van der Waals surface area (Å²) in [6.45, 7) is 3.54. The Bertz CT molecular complexity index is 102. The minimum atomic E-state index is -0.510. The minimum Gasteiger partial charge on any atom is -0.394 e. The maximum Gasteiger partial charge on any atom is 0.0770 e. The second-order valence-electron chi connectivity index (χ2n) is 3.12. The van der Waals surface area contributed by atoms with Gasteiger partial charge >= 0.3 is 0 Å². The monoisotopic (exact) mass is 172 g/mol. The summed E-state index contributed by atoms with van der Waals surface area (Å²) < 4.78 is 0. The second-order valence-corrected chi connectivity index (χ2v) is 3.12. The highest BCUT2D eigenvalue weighted by Crippen LogP contribution is 2.07. The highest BCUT2D eigenvalue weighted by Gasteiger charge is 1.99. The lowest BCUT2D eigenvalue weighted by Gasteiger charge is -2.05. The standard InChI is InChI=1S/C10H20O2/c1-2-3-4-5-6-7-8-10(12)9-11/h2,10-12H,1,3-9H2. The molecule has 0 saturated carbocycles. The van der Waals surface area contributed by atoms with Crippen LogP contribution in [0.2, 0.25) is 0 Å². The number of unbranched alkanes of at least 4 members (excludes halogenated alkanes) is 4. The third-order valence-corrected chi connectivity index (χ3v) is 1.91. The van der Waals surface area contributed by atoms with Gasteiger partial charge in [0, 0.05) is 0 Å². The fraction of sp³-hybridized carbons (Fsp3) is 0.800. The van der Waals surface area contributed by atoms with Crippen molar-refractivity contribution >= 4 is 0 Å². The zero-order valence-corrected chi connectivity index (χ0v) is 7.71. The molecule has 0 bridgehead atoms. The number of rotatable bonds is 8. The lowest BCUT2D eigenvalue weighted by molar-refractivity contribution is 0.0860. The Hall–Kier alpha value is -0.340. The number of hydrogen-bond donors (Lipinski definition) is 2. The van der Waals surface area contributed by atoms with E-state index < -0.39 is 6.10 Å². The predicted molar refractivity (Wildman–Crippen MR) is 51.0 cm³/mol. The van der Waals surface area contributed by atoms with E-state index in [9.17, 15) is 0 Å². The molecule has 1 unspecified atom stereocenters. The molecule has 0 aromatic heterocycles. The molecule has 0 aliphatic carbocycles. The average Bonchev–Trinajstić information content (AvgIpc) is 2.10. The molecule has 0 aromatic carbocycles. The lowest BCUT2D eigenvalue weighted by Crippen LogP contribution is -2.10. The molecule has 0 rings (SSSR count). The maximum absolute atomic E-state index is 8.99. The van der Waals surface area contributed by atoms with Crippen molar-refractivity contribution in [3.05, 3.63) is 12.7 Å². The van der Waals surface area contributed by atoms with Gasteiger partial charge in [0.15, 0.2) is 0 Å². The van der Waals surface area contributed by atoms with Crippen LogP contribution < -0.4 is 0 Å². The molecule has 0 fully saturated rings. The highest BCUT2D eigenvalue weighted by atomic mass is 16.3. The van der Waals surface area contributed by atoms with Gasteiger partial charge in [-0.05, 0) is 19.3 Å². The molecule has 0 aliphatic rings. The average molecular weight is 172 g/mol. The summed E-state index contributed by atoms with van der Waals surface area (Å²) in [5.74, 6) is 0. The van der Waals surface area contributed by atoms with Gasteiger partial charge in [0.25, 0.3) is 0 Å². The van der Waals surface area contributed by atoms with Gasteiger partial charge in [-0.1, -0.05) is 25.3 Å². The largest absolute Gasteiger partial charge is 0.394 e. The smallest absolute Gasteiger partial charge is 0.0770 e. The van der Waals surface area contributed by atoms with Crippen molar-refractivity contribution in [1.29, 1.82) is 0 Å². The van der Waals surface area contributed by atoms with Crippen LogP contribution in [-0.4, -0.2) is 22.9 Å². The van der Waals surface area contributed by atoms with Crippen molar-refractivity contribution in [2.24, 2.45) is 0 Å². The van der Waals surface area contributed by atoms with E-state index in [0.717, 1.165) is 25.7 Å². The Morgan fingerprint density at radius 1 is 1.17 bits per heavy atom. The van der Waals surface area contributed by atoms with Crippen molar-refractivity contribution in [3.8, 4) is 0 Å². The minimum absolute atomic E-state index is 0.105. The molecule has 2 nitrogen and oxygen atoms in total. The SMILES string of the molecule is C=CCCCCCCC(O)CO. The first-order valence-corrected chi connectivity index (χ1v) is 4.71. The molecule has 0 aliphatic heterocycles. The van der Waals surface area contributed by atoms with Gasteiger partial charge < -0.3 is 10.2 Å². The Morgan fingerprint density at radius 3 is 2.42 bits per heavy atom. The number of allylic oxidation sites excluding steroid dienone is 1. The summed E-state index contributed by atoms with van der Waals surface area (Å²) in [5, 5.41) is 17.5. The van der Waals surface area contributed by atoms with Gasteiger partial charge in [-0.3, -0.25) is 0 Å². The van der Waals surface area contributed by atoms with E-state index in [1.807, 2.05) is 6.08 Å². The maximum atomic E-state index is 8.99. The zero-order valence-electron chi connectivity index (χ0n) is 7.71. The first-order valence-electron chi connectivity index (χ1n) is 4.71. The Balaban J connectivity index is 2.95. The van der Waals surface area contributed by atoms with E-state index in [2.05, 4.69) is 6.58 Å². The van der Waals surface area contributed by atoms with E-state index in [1.54, 1.807) is 0 Å². The van der Waals surface area contributed by atoms with Crippen molar-refractivity contribution < 1.29 is 10.2 Å². The van der Waals surface area contributed by atoms with Crippen LogP contribution in [0.15, 0.2) is 12.7 Å². The quantitative estimate of drug-likeness (QED) is 0.433. The van der Waals surface area contributed by atoms with E-state index >= 15 is 0 Å². The number of aliphatic hydroxyl groups excluding tert-OH is 2. The number of aliphatic hydroxyl groups is 2. The molecule has 0 heterocycles. The summed E-state index contributed by atoms with van der Waals surface area (Å²) in [6.07, 6.45) is 7.78. The molecule has 0 amide bonds. The molecule has 1 atom stereocenters. The summed E-state index contributed by atoms with van der Waals surface area (Å²) in [7, 11) is 0. The fourth-order valence-electron chi connectivity index (χ4n) is 1.11. The normalized spacial score (nSPS) is 12.8. The van der Waals surface area contributed by atoms with Crippen LogP contribution in [0, 0.1) is 0 Å². The van der Waals surface area contributed by atoms with Crippen LogP contribution in [0.25, 0.3) is 0 Å². The molecule has 0 radical (unpaired) electrons. The molecule has 72 valence electrons. The van der Waals surface area contributed by atoms with Crippen molar-refractivity contribution in [1.82, 2.24) is 0 Å². The third-order valence-electron chi connectivity index (χ3n) is 1.91. The molecular weight excluding hydrogens is 152 g/mol. The van der Waals surface area contributed by atoms with Gasteiger partial charge in [0.1, 0.15) is 0 Å². The van der Waals surface area contributed by atoms with Gasteiger partial charge in [-0.25, -0.2) is 0 Å². The first-order chi connectivity index (χ1) is 5.81.